The number of aliphatic hydroxyl groups is 1. The molecule has 540 valence electrons. The van der Waals surface area contributed by atoms with Crippen molar-refractivity contribution in [2.24, 2.45) is 23.7 Å². The maximum Gasteiger partial charge on any atom is 0.472 e. The smallest absolute Gasteiger partial charge is 0.462 e. The second-order valence-electron chi connectivity index (χ2n) is 27.9. The summed E-state index contributed by atoms with van der Waals surface area (Å²) in [4.78, 5) is 72.5. The number of unbranched alkanes of at least 4 members (excludes halogenated alkanes) is 35. The minimum Gasteiger partial charge on any atom is -0.462 e. The van der Waals surface area contributed by atoms with Crippen LogP contribution in [0.4, 0.5) is 0 Å². The lowest BCUT2D eigenvalue weighted by atomic mass is 10.0. The van der Waals surface area contributed by atoms with E-state index >= 15 is 0 Å². The molecule has 0 heterocycles. The Hall–Kier alpha value is -1.94. The highest BCUT2D eigenvalue weighted by Crippen LogP contribution is 2.45. The molecule has 0 rings (SSSR count). The largest absolute Gasteiger partial charge is 0.472 e. The predicted molar refractivity (Wildman–Crippen MR) is 367 cm³/mol. The van der Waals surface area contributed by atoms with E-state index < -0.39 is 97.5 Å². The summed E-state index contributed by atoms with van der Waals surface area (Å²) in [6.45, 7) is 14.0. The number of carbonyl (C=O) groups is 4. The van der Waals surface area contributed by atoms with Crippen molar-refractivity contribution in [3.63, 3.8) is 0 Å². The molecule has 0 saturated carbocycles. The van der Waals surface area contributed by atoms with Gasteiger partial charge in [0.25, 0.3) is 0 Å². The summed E-state index contributed by atoms with van der Waals surface area (Å²) in [7, 11) is -9.90. The molecule has 0 aromatic carbocycles. The second kappa shape index (κ2) is 61.6. The van der Waals surface area contributed by atoms with Crippen LogP contribution in [0.5, 0.6) is 0 Å². The Bertz CT molecular complexity index is 1800. The molecule has 0 amide bonds. The number of rotatable bonds is 69. The highest BCUT2D eigenvalue weighted by molar-refractivity contribution is 7.47. The zero-order valence-corrected chi connectivity index (χ0v) is 61.3. The average molecular weight is 1340 g/mol. The first-order chi connectivity index (χ1) is 43.6. The number of phosphoric acid groups is 2. The zero-order valence-electron chi connectivity index (χ0n) is 59.5. The highest BCUT2D eigenvalue weighted by atomic mass is 31.2. The predicted octanol–water partition coefficient (Wildman–Crippen LogP) is 20.5. The fraction of sp³-hybridized carbons (Fsp3) is 0.944. The van der Waals surface area contributed by atoms with E-state index in [9.17, 15) is 43.2 Å². The van der Waals surface area contributed by atoms with Crippen molar-refractivity contribution >= 4 is 39.5 Å². The fourth-order valence-electron chi connectivity index (χ4n) is 10.8. The maximum atomic E-state index is 13.0. The van der Waals surface area contributed by atoms with Crippen molar-refractivity contribution in [2.75, 3.05) is 39.6 Å². The van der Waals surface area contributed by atoms with Crippen LogP contribution in [-0.2, 0) is 65.4 Å². The van der Waals surface area contributed by atoms with Crippen LogP contribution >= 0.6 is 15.6 Å². The van der Waals surface area contributed by atoms with E-state index in [0.717, 1.165) is 115 Å². The van der Waals surface area contributed by atoms with Crippen molar-refractivity contribution < 1.29 is 80.2 Å². The highest BCUT2D eigenvalue weighted by Gasteiger charge is 2.30. The standard InChI is InChI=1S/C72H140O17P2/c1-62(2)48-40-32-24-20-16-12-9-10-14-18-22-26-38-46-54-71(76)88-67(58-82-69(74)52-44-36-30-28-34-42-50-64(5)6)60-86-90(78,79)84-56-66(73)57-85-91(80,81)87-61-68(59-83-70(75)53-45-37-31-29-35-43-51-65(7)8)89-72(77)55-47-39-27-23-19-15-11-13-17-21-25-33-41-49-63(3)4/h62-68,73H,9-61H2,1-8H3,(H,78,79)(H,80,81)/t66-,67-,68-/m1/s1. The molecule has 3 N–H and O–H groups in total. The summed E-state index contributed by atoms with van der Waals surface area (Å²) >= 11 is 0. The molecule has 17 nitrogen and oxygen atoms in total. The molecule has 19 heteroatoms. The molecule has 91 heavy (non-hydrogen) atoms. The lowest BCUT2D eigenvalue weighted by Gasteiger charge is -2.21. The topological polar surface area (TPSA) is 237 Å². The summed E-state index contributed by atoms with van der Waals surface area (Å²) in [6, 6.07) is 0. The van der Waals surface area contributed by atoms with Gasteiger partial charge in [-0.05, 0) is 49.4 Å². The van der Waals surface area contributed by atoms with Crippen molar-refractivity contribution in [2.45, 2.75) is 375 Å². The molecule has 0 aromatic rings. The number of phosphoric ester groups is 2. The Morgan fingerprint density at radius 2 is 0.462 bits per heavy atom. The average Bonchev–Trinajstić information content (AvgIpc) is 2.99. The van der Waals surface area contributed by atoms with Crippen LogP contribution in [-0.4, -0.2) is 96.7 Å². The number of hydrogen-bond acceptors (Lipinski definition) is 15. The third-order valence-corrected chi connectivity index (χ3v) is 18.5. The Balaban J connectivity index is 5.19. The molecule has 5 atom stereocenters. The van der Waals surface area contributed by atoms with E-state index in [-0.39, 0.29) is 25.7 Å². The summed E-state index contributed by atoms with van der Waals surface area (Å²) in [6.07, 6.45) is 44.8. The lowest BCUT2D eigenvalue weighted by molar-refractivity contribution is -0.161. The number of carbonyl (C=O) groups excluding carboxylic acids is 4. The number of esters is 4. The third kappa shape index (κ3) is 66.5. The Morgan fingerprint density at radius 1 is 0.275 bits per heavy atom. The maximum absolute atomic E-state index is 13.0. The van der Waals surface area contributed by atoms with Crippen molar-refractivity contribution in [1.82, 2.24) is 0 Å². The van der Waals surface area contributed by atoms with Gasteiger partial charge in [-0.3, -0.25) is 37.3 Å². The molecule has 0 aromatic heterocycles. The first-order valence-corrected chi connectivity index (χ1v) is 40.2. The van der Waals surface area contributed by atoms with Crippen LogP contribution in [0.3, 0.4) is 0 Å². The van der Waals surface area contributed by atoms with Gasteiger partial charge in [-0.1, -0.05) is 306 Å². The van der Waals surface area contributed by atoms with Crippen LogP contribution in [0.1, 0.15) is 357 Å². The number of aliphatic hydroxyl groups excluding tert-OH is 1. The van der Waals surface area contributed by atoms with E-state index in [0.29, 0.717) is 37.5 Å². The molecule has 0 radical (unpaired) electrons. The molecule has 0 saturated heterocycles. The molecule has 0 aliphatic carbocycles. The summed E-state index contributed by atoms with van der Waals surface area (Å²) in [5.41, 5.74) is 0. The number of hydrogen-bond donors (Lipinski definition) is 3. The molecule has 0 spiro atoms. The van der Waals surface area contributed by atoms with E-state index in [1.165, 1.54) is 148 Å². The molecule has 2 unspecified atom stereocenters. The van der Waals surface area contributed by atoms with Crippen LogP contribution < -0.4 is 0 Å². The van der Waals surface area contributed by atoms with Gasteiger partial charge < -0.3 is 33.8 Å². The number of ether oxygens (including phenoxy) is 4. The van der Waals surface area contributed by atoms with E-state index in [4.69, 9.17) is 37.0 Å². The van der Waals surface area contributed by atoms with Crippen molar-refractivity contribution in [1.29, 1.82) is 0 Å². The van der Waals surface area contributed by atoms with Crippen molar-refractivity contribution in [3.05, 3.63) is 0 Å². The minimum atomic E-state index is -4.95. The van der Waals surface area contributed by atoms with Gasteiger partial charge in [0.05, 0.1) is 26.4 Å². The molecular weight excluding hydrogens is 1200 g/mol. The van der Waals surface area contributed by atoms with Crippen LogP contribution in [0.15, 0.2) is 0 Å². The first kappa shape index (κ1) is 89.1. The minimum absolute atomic E-state index is 0.105. The van der Waals surface area contributed by atoms with Gasteiger partial charge in [0.15, 0.2) is 12.2 Å². The summed E-state index contributed by atoms with van der Waals surface area (Å²) in [5, 5.41) is 10.6. The van der Waals surface area contributed by atoms with E-state index in [1.54, 1.807) is 0 Å². The van der Waals surface area contributed by atoms with Gasteiger partial charge in [-0.25, -0.2) is 9.13 Å². The van der Waals surface area contributed by atoms with Crippen molar-refractivity contribution in [3.8, 4) is 0 Å². The quantitative estimate of drug-likeness (QED) is 0.0222. The fourth-order valence-corrected chi connectivity index (χ4v) is 12.4. The van der Waals surface area contributed by atoms with Crippen LogP contribution in [0.25, 0.3) is 0 Å². The van der Waals surface area contributed by atoms with E-state index in [1.807, 2.05) is 0 Å². The summed E-state index contributed by atoms with van der Waals surface area (Å²) < 4.78 is 68.3. The summed E-state index contributed by atoms with van der Waals surface area (Å²) in [5.74, 6) is 0.810. The van der Waals surface area contributed by atoms with Gasteiger partial charge in [0, 0.05) is 25.7 Å². The van der Waals surface area contributed by atoms with Gasteiger partial charge in [-0.2, -0.15) is 0 Å². The van der Waals surface area contributed by atoms with Crippen LogP contribution in [0.2, 0.25) is 0 Å². The normalized spacial score (nSPS) is 14.2. The Morgan fingerprint density at radius 3 is 0.681 bits per heavy atom. The molecule has 0 fully saturated rings. The zero-order chi connectivity index (χ0) is 67.5. The lowest BCUT2D eigenvalue weighted by Crippen LogP contribution is -2.30. The third-order valence-electron chi connectivity index (χ3n) is 16.6. The van der Waals surface area contributed by atoms with E-state index in [2.05, 4.69) is 55.4 Å². The Labute approximate surface area is 556 Å². The first-order valence-electron chi connectivity index (χ1n) is 37.2. The monoisotopic (exact) mass is 1340 g/mol. The molecule has 0 aliphatic heterocycles. The van der Waals surface area contributed by atoms with Gasteiger partial charge in [0.1, 0.15) is 19.3 Å². The molecule has 0 aliphatic rings. The molecular formula is C72H140O17P2. The SMILES string of the molecule is CC(C)CCCCCCCCCCCCCCCCC(=O)O[C@H](COC(=O)CCCCCCCCC(C)C)COP(=O)(O)OC[C@@H](O)COP(=O)(O)OC[C@@H](COC(=O)CCCCCCCCC(C)C)OC(=O)CCCCCCCCCCCCCCCC(C)C. The second-order valence-corrected chi connectivity index (χ2v) is 30.8. The molecule has 0 bridgehead atoms. The van der Waals surface area contributed by atoms with Gasteiger partial charge >= 0.3 is 39.5 Å². The van der Waals surface area contributed by atoms with Gasteiger partial charge in [-0.15, -0.1) is 0 Å². The Kier molecular flexibility index (Phi) is 60.3. The van der Waals surface area contributed by atoms with Gasteiger partial charge in [0.2, 0.25) is 0 Å². The van der Waals surface area contributed by atoms with Crippen LogP contribution in [0, 0.1) is 23.7 Å².